The second-order valence-corrected chi connectivity index (χ2v) is 1.64. The van der Waals surface area contributed by atoms with Gasteiger partial charge < -0.3 is 11.0 Å². The maximum atomic E-state index is 10.8. The summed E-state index contributed by atoms with van der Waals surface area (Å²) in [7, 11) is 0. The number of aromatic amines is 2. The van der Waals surface area contributed by atoms with Crippen molar-refractivity contribution in [2.45, 2.75) is 0 Å². The van der Waals surface area contributed by atoms with Gasteiger partial charge in [-0.3, -0.25) is 4.79 Å². The van der Waals surface area contributed by atoms with Crippen LogP contribution in [0.25, 0.3) is 11.2 Å². The van der Waals surface area contributed by atoms with Gasteiger partial charge in [0.15, 0.2) is 5.52 Å². The van der Waals surface area contributed by atoms with Crippen LogP contribution in [0.1, 0.15) is 0 Å². The third-order valence-electron chi connectivity index (χ3n) is 1.04. The maximum absolute atomic E-state index is 10.8. The summed E-state index contributed by atoms with van der Waals surface area (Å²) in [5.74, 6) is 0. The average molecular weight is 174 g/mol. The zero-order valence-corrected chi connectivity index (χ0v) is 5.70. The number of aromatic nitrogens is 6. The van der Waals surface area contributed by atoms with Crippen molar-refractivity contribution >= 4 is 11.2 Å². The Morgan fingerprint density at radius 2 is 1.92 bits per heavy atom. The molecule has 0 aliphatic carbocycles. The fourth-order valence-electron chi connectivity index (χ4n) is 0.618. The molecule has 0 aliphatic rings. The number of fused-ring (bicyclic) bond motifs is 1. The molecule has 9 heteroatoms. The minimum atomic E-state index is -0.390. The van der Waals surface area contributed by atoms with Crippen LogP contribution in [0.15, 0.2) is 4.79 Å². The highest BCUT2D eigenvalue weighted by atomic mass is 16.1. The summed E-state index contributed by atoms with van der Waals surface area (Å²) in [6.45, 7) is 0. The van der Waals surface area contributed by atoms with Crippen LogP contribution >= 0.6 is 0 Å². The zero-order valence-electron chi connectivity index (χ0n) is 5.70. The predicted molar refractivity (Wildman–Crippen MR) is 37.3 cm³/mol. The Kier molecular flexibility index (Phi) is 2.95. The smallest absolute Gasteiger partial charge is 0.297 e. The van der Waals surface area contributed by atoms with E-state index in [-0.39, 0.29) is 22.1 Å². The first kappa shape index (κ1) is 10.1. The molecule has 0 bridgehead atoms. The van der Waals surface area contributed by atoms with Crippen molar-refractivity contribution in [3.63, 3.8) is 0 Å². The molecule has 0 aliphatic heterocycles. The molecule has 0 fully saturated rings. The maximum Gasteiger partial charge on any atom is 0.297 e. The molecule has 12 heavy (non-hydrogen) atoms. The third kappa shape index (κ3) is 1.26. The lowest BCUT2D eigenvalue weighted by Crippen LogP contribution is -2.09. The quantitative estimate of drug-likeness (QED) is 0.428. The Morgan fingerprint density at radius 1 is 1.17 bits per heavy atom. The normalized spacial score (nSPS) is 8.67. The van der Waals surface area contributed by atoms with Gasteiger partial charge in [-0.25, -0.2) is 5.10 Å². The molecule has 0 saturated heterocycles. The fraction of sp³-hybridized carbons (Fsp3) is 0. The first-order chi connectivity index (χ1) is 4.88. The van der Waals surface area contributed by atoms with E-state index in [1.54, 1.807) is 0 Å². The van der Waals surface area contributed by atoms with E-state index in [4.69, 9.17) is 0 Å². The molecule has 2 aromatic heterocycles. The van der Waals surface area contributed by atoms with E-state index in [1.165, 1.54) is 0 Å². The van der Waals surface area contributed by atoms with Gasteiger partial charge in [0.05, 0.1) is 0 Å². The highest BCUT2D eigenvalue weighted by Crippen LogP contribution is 1.89. The lowest BCUT2D eigenvalue weighted by Gasteiger charge is -1.77. The first-order valence-corrected chi connectivity index (χ1v) is 2.50. The van der Waals surface area contributed by atoms with Gasteiger partial charge in [-0.2, -0.15) is 5.21 Å². The minimum absolute atomic E-state index is 0. The number of H-pyrrole nitrogens is 2. The number of hydrogen-bond acceptors (Lipinski definition) is 5. The molecule has 0 saturated carbocycles. The van der Waals surface area contributed by atoms with Gasteiger partial charge in [0.1, 0.15) is 0 Å². The summed E-state index contributed by atoms with van der Waals surface area (Å²) in [5.41, 5.74) is 0.0116. The van der Waals surface area contributed by atoms with Crippen LogP contribution in [0, 0.1) is 0 Å². The fourth-order valence-corrected chi connectivity index (χ4v) is 0.618. The molecule has 9 nitrogen and oxygen atoms in total. The van der Waals surface area contributed by atoms with E-state index in [0.29, 0.717) is 0 Å². The highest BCUT2D eigenvalue weighted by Gasteiger charge is 2.01. The molecule has 6 N–H and O–H groups in total. The van der Waals surface area contributed by atoms with E-state index in [1.807, 2.05) is 0 Å². The Morgan fingerprint density at radius 3 is 2.58 bits per heavy atom. The number of nitrogens with zero attached hydrogens (tertiary/aromatic N) is 4. The summed E-state index contributed by atoms with van der Waals surface area (Å²) >= 11 is 0. The molecule has 0 spiro atoms. The molecule has 2 aromatic rings. The summed E-state index contributed by atoms with van der Waals surface area (Å²) in [4.78, 5) is 10.8. The van der Waals surface area contributed by atoms with Crippen LogP contribution in [0.4, 0.5) is 0 Å². The van der Waals surface area contributed by atoms with Gasteiger partial charge in [-0.15, -0.1) is 15.3 Å². The van der Waals surface area contributed by atoms with E-state index in [9.17, 15) is 4.79 Å². The Labute approximate surface area is 64.4 Å². The summed E-state index contributed by atoms with van der Waals surface area (Å²) in [5, 5.41) is 18.2. The van der Waals surface area contributed by atoms with E-state index >= 15 is 0 Å². The molecule has 0 unspecified atom stereocenters. The lowest BCUT2D eigenvalue weighted by atomic mass is 10.6. The van der Waals surface area contributed by atoms with Gasteiger partial charge in [0, 0.05) is 0 Å². The molecule has 2 rings (SSSR count). The SMILES string of the molecule is O.O.O=c1[nH]nnc2n[nH]nc12. The predicted octanol–water partition coefficient (Wildman–Crippen LogP) is -3.21. The first-order valence-electron chi connectivity index (χ1n) is 2.50. The number of rotatable bonds is 0. The van der Waals surface area contributed by atoms with Crippen molar-refractivity contribution in [2.75, 3.05) is 0 Å². The van der Waals surface area contributed by atoms with Crippen LogP contribution in [-0.4, -0.2) is 41.8 Å². The molecule has 0 atom stereocenters. The summed E-state index contributed by atoms with van der Waals surface area (Å²) in [6.07, 6.45) is 0. The summed E-state index contributed by atoms with van der Waals surface area (Å²) < 4.78 is 0. The lowest BCUT2D eigenvalue weighted by molar-refractivity contribution is 0.823. The van der Waals surface area contributed by atoms with E-state index in [2.05, 4.69) is 30.8 Å². The molecule has 0 radical (unpaired) electrons. The summed E-state index contributed by atoms with van der Waals surface area (Å²) in [6, 6.07) is 0. The van der Waals surface area contributed by atoms with Crippen LogP contribution in [-0.2, 0) is 0 Å². The van der Waals surface area contributed by atoms with Crippen molar-refractivity contribution in [1.29, 1.82) is 0 Å². The molecule has 0 amide bonds. The van der Waals surface area contributed by atoms with Gasteiger partial charge in [-0.05, 0) is 0 Å². The van der Waals surface area contributed by atoms with Gasteiger partial charge >= 0.3 is 0 Å². The van der Waals surface area contributed by atoms with Crippen molar-refractivity contribution in [1.82, 2.24) is 30.8 Å². The highest BCUT2D eigenvalue weighted by molar-refractivity contribution is 5.65. The average Bonchev–Trinajstić information content (AvgIpc) is 2.36. The molecular formula is C3H6N6O3. The number of hydrogen-bond donors (Lipinski definition) is 2. The molecule has 0 aromatic carbocycles. The van der Waals surface area contributed by atoms with Crippen LogP contribution < -0.4 is 5.56 Å². The topological polar surface area (TPSA) is 163 Å². The minimum Gasteiger partial charge on any atom is -0.412 e. The largest absolute Gasteiger partial charge is 0.412 e. The van der Waals surface area contributed by atoms with Gasteiger partial charge in [-0.1, -0.05) is 5.21 Å². The van der Waals surface area contributed by atoms with Crippen LogP contribution in [0.2, 0.25) is 0 Å². The van der Waals surface area contributed by atoms with Crippen LogP contribution in [0.5, 0.6) is 0 Å². The Bertz CT molecular complexity index is 405. The van der Waals surface area contributed by atoms with Crippen molar-refractivity contribution in [3.8, 4) is 0 Å². The molecule has 2 heterocycles. The van der Waals surface area contributed by atoms with Gasteiger partial charge in [0.2, 0.25) is 5.65 Å². The second-order valence-electron chi connectivity index (χ2n) is 1.64. The Balaban J connectivity index is 0.000000605. The van der Waals surface area contributed by atoms with E-state index in [0.717, 1.165) is 0 Å². The molecule has 66 valence electrons. The van der Waals surface area contributed by atoms with E-state index < -0.39 is 5.56 Å². The number of nitrogens with one attached hydrogen (secondary N) is 2. The standard InChI is InChI=1S/C3H2N6O.2H2O/c10-3-1-2(5-8-4-1)6-9-7-3;;/h(H2,4,5,6,7,8,10);2*1H2. The molecular weight excluding hydrogens is 168 g/mol. The third-order valence-corrected chi connectivity index (χ3v) is 1.04. The monoisotopic (exact) mass is 174 g/mol. The Hall–Kier alpha value is -1.87. The zero-order chi connectivity index (χ0) is 6.97. The van der Waals surface area contributed by atoms with Crippen LogP contribution in [0.3, 0.4) is 0 Å². The second kappa shape index (κ2) is 3.50. The van der Waals surface area contributed by atoms with Crippen molar-refractivity contribution < 1.29 is 11.0 Å². The van der Waals surface area contributed by atoms with Crippen molar-refractivity contribution in [2.24, 2.45) is 0 Å². The van der Waals surface area contributed by atoms with Gasteiger partial charge in [0.25, 0.3) is 5.56 Å². The van der Waals surface area contributed by atoms with Crippen molar-refractivity contribution in [3.05, 3.63) is 10.4 Å².